The molecule has 0 aliphatic heterocycles. The van der Waals surface area contributed by atoms with Crippen molar-refractivity contribution in [3.05, 3.63) is 35.4 Å². The molecule has 0 radical (unpaired) electrons. The lowest BCUT2D eigenvalue weighted by Crippen LogP contribution is -2.53. The van der Waals surface area contributed by atoms with E-state index in [1.807, 2.05) is 0 Å². The summed E-state index contributed by atoms with van der Waals surface area (Å²) in [5.74, 6) is -1.93. The van der Waals surface area contributed by atoms with Gasteiger partial charge in [-0.2, -0.15) is 0 Å². The van der Waals surface area contributed by atoms with Crippen molar-refractivity contribution < 1.29 is 18.7 Å². The van der Waals surface area contributed by atoms with Crippen LogP contribution in [0.25, 0.3) is 0 Å². The lowest BCUT2D eigenvalue weighted by Gasteiger charge is -2.38. The van der Waals surface area contributed by atoms with Gasteiger partial charge in [-0.3, -0.25) is 4.79 Å². The van der Waals surface area contributed by atoms with Crippen molar-refractivity contribution in [2.45, 2.75) is 38.1 Å². The normalized spacial score (nSPS) is 26.3. The smallest absolute Gasteiger partial charge is 0.251 e. The maximum atomic E-state index is 13.1. The second-order valence-electron chi connectivity index (χ2n) is 5.70. The zero-order valence-electron chi connectivity index (χ0n) is 11.5. The predicted molar refractivity (Wildman–Crippen MR) is 71.3 cm³/mol. The molecule has 0 aromatic heterocycles. The fourth-order valence-corrected chi connectivity index (χ4v) is 2.59. The van der Waals surface area contributed by atoms with E-state index in [0.717, 1.165) is 25.0 Å². The number of carbonyl (C=O) groups is 1. The number of hydrogen-bond donors (Lipinski definition) is 2. The van der Waals surface area contributed by atoms with E-state index in [2.05, 4.69) is 12.2 Å². The first kappa shape index (κ1) is 14.9. The van der Waals surface area contributed by atoms with Gasteiger partial charge in [0.05, 0.1) is 12.1 Å². The highest BCUT2D eigenvalue weighted by Crippen LogP contribution is 2.31. The number of benzene rings is 1. The highest BCUT2D eigenvalue weighted by Gasteiger charge is 2.35. The van der Waals surface area contributed by atoms with Crippen molar-refractivity contribution in [2.24, 2.45) is 5.92 Å². The molecule has 0 unspecified atom stereocenters. The zero-order chi connectivity index (χ0) is 14.8. The minimum atomic E-state index is -1.05. The number of amides is 1. The van der Waals surface area contributed by atoms with E-state index >= 15 is 0 Å². The predicted octanol–water partition coefficient (Wildman–Crippen LogP) is 2.64. The first-order valence-electron chi connectivity index (χ1n) is 6.84. The summed E-state index contributed by atoms with van der Waals surface area (Å²) in [5.41, 5.74) is -0.579. The highest BCUT2D eigenvalue weighted by atomic mass is 19.2. The molecule has 1 amide bonds. The maximum absolute atomic E-state index is 13.1. The van der Waals surface area contributed by atoms with Crippen LogP contribution in [0.3, 0.4) is 0 Å². The van der Waals surface area contributed by atoms with Gasteiger partial charge in [-0.15, -0.1) is 0 Å². The molecule has 1 aromatic carbocycles. The molecule has 20 heavy (non-hydrogen) atoms. The number of aliphatic hydroxyl groups excluding tert-OH is 1. The third-order valence-electron chi connectivity index (χ3n) is 4.09. The summed E-state index contributed by atoms with van der Waals surface area (Å²) in [4.78, 5) is 12.1. The molecule has 1 fully saturated rings. The Morgan fingerprint density at radius 3 is 2.55 bits per heavy atom. The molecule has 0 bridgehead atoms. The first-order valence-corrected chi connectivity index (χ1v) is 6.84. The number of aliphatic hydroxyl groups is 1. The van der Waals surface area contributed by atoms with Crippen LogP contribution in [-0.4, -0.2) is 23.2 Å². The summed E-state index contributed by atoms with van der Waals surface area (Å²) in [6.45, 7) is 1.99. The second-order valence-corrected chi connectivity index (χ2v) is 5.70. The molecule has 1 saturated carbocycles. The Kier molecular flexibility index (Phi) is 4.38. The van der Waals surface area contributed by atoms with Crippen LogP contribution in [0.1, 0.15) is 43.0 Å². The van der Waals surface area contributed by atoms with Crippen LogP contribution in [0.2, 0.25) is 0 Å². The molecule has 0 atom stereocenters. The molecule has 3 nitrogen and oxygen atoms in total. The third-order valence-corrected chi connectivity index (χ3v) is 4.09. The van der Waals surface area contributed by atoms with Crippen molar-refractivity contribution in [2.75, 3.05) is 6.61 Å². The molecular formula is C15H19F2NO2. The minimum absolute atomic E-state index is 0.0651. The topological polar surface area (TPSA) is 49.3 Å². The van der Waals surface area contributed by atoms with E-state index in [-0.39, 0.29) is 12.2 Å². The van der Waals surface area contributed by atoms with E-state index in [0.29, 0.717) is 18.8 Å². The van der Waals surface area contributed by atoms with Crippen molar-refractivity contribution in [1.29, 1.82) is 0 Å². The summed E-state index contributed by atoms with van der Waals surface area (Å²) in [5, 5.41) is 12.4. The fraction of sp³-hybridized carbons (Fsp3) is 0.533. The van der Waals surface area contributed by atoms with E-state index in [1.165, 1.54) is 6.07 Å². The maximum Gasteiger partial charge on any atom is 0.251 e. The van der Waals surface area contributed by atoms with Gasteiger partial charge >= 0.3 is 0 Å². The van der Waals surface area contributed by atoms with Gasteiger partial charge in [-0.05, 0) is 49.8 Å². The van der Waals surface area contributed by atoms with Crippen molar-refractivity contribution in [3.8, 4) is 0 Å². The number of nitrogens with one attached hydrogen (secondary N) is 1. The van der Waals surface area contributed by atoms with Crippen LogP contribution in [0, 0.1) is 17.6 Å². The minimum Gasteiger partial charge on any atom is -0.394 e. The Balaban J connectivity index is 2.11. The molecule has 0 heterocycles. The summed E-state index contributed by atoms with van der Waals surface area (Å²) < 4.78 is 26.0. The van der Waals surface area contributed by atoms with Gasteiger partial charge in [0, 0.05) is 5.56 Å². The largest absolute Gasteiger partial charge is 0.394 e. The van der Waals surface area contributed by atoms with Crippen LogP contribution < -0.4 is 5.32 Å². The number of carbonyl (C=O) groups excluding carboxylic acids is 1. The van der Waals surface area contributed by atoms with Crippen LogP contribution in [0.4, 0.5) is 8.78 Å². The molecule has 1 aliphatic rings. The van der Waals surface area contributed by atoms with E-state index < -0.39 is 23.1 Å². The quantitative estimate of drug-likeness (QED) is 0.896. The molecule has 1 aliphatic carbocycles. The molecule has 0 saturated heterocycles. The monoisotopic (exact) mass is 283 g/mol. The van der Waals surface area contributed by atoms with Gasteiger partial charge in [-0.25, -0.2) is 8.78 Å². The van der Waals surface area contributed by atoms with Crippen molar-refractivity contribution >= 4 is 5.91 Å². The Labute approximate surface area is 117 Å². The summed E-state index contributed by atoms with van der Waals surface area (Å²) in [7, 11) is 0. The van der Waals surface area contributed by atoms with Crippen LogP contribution in [0.15, 0.2) is 18.2 Å². The van der Waals surface area contributed by atoms with Crippen molar-refractivity contribution in [1.82, 2.24) is 5.32 Å². The van der Waals surface area contributed by atoms with E-state index in [1.54, 1.807) is 0 Å². The summed E-state index contributed by atoms with van der Waals surface area (Å²) >= 11 is 0. The second kappa shape index (κ2) is 5.87. The standard InChI is InChI=1S/C15H19F2NO2/c1-10-4-6-15(9-19,7-5-10)18-14(20)11-2-3-12(16)13(17)8-11/h2-3,8,10,19H,4-7,9H2,1H3,(H,18,20). The molecule has 1 aromatic rings. The molecule has 2 rings (SSSR count). The Morgan fingerprint density at radius 1 is 1.35 bits per heavy atom. The number of hydrogen-bond acceptors (Lipinski definition) is 2. The summed E-state index contributed by atoms with van der Waals surface area (Å²) in [6.07, 6.45) is 3.25. The molecule has 110 valence electrons. The lowest BCUT2D eigenvalue weighted by atomic mass is 9.77. The van der Waals surface area contributed by atoms with E-state index in [4.69, 9.17) is 0 Å². The Bertz CT molecular complexity index is 497. The first-order chi connectivity index (χ1) is 9.46. The third kappa shape index (κ3) is 3.15. The van der Waals surface area contributed by atoms with Gasteiger partial charge in [0.15, 0.2) is 11.6 Å². The summed E-state index contributed by atoms with van der Waals surface area (Å²) in [6, 6.07) is 3.05. The Hall–Kier alpha value is -1.49. The van der Waals surface area contributed by atoms with Crippen LogP contribution in [0.5, 0.6) is 0 Å². The lowest BCUT2D eigenvalue weighted by molar-refractivity contribution is 0.0716. The van der Waals surface area contributed by atoms with Crippen LogP contribution >= 0.6 is 0 Å². The molecular weight excluding hydrogens is 264 g/mol. The molecule has 5 heteroatoms. The number of rotatable bonds is 3. The van der Waals surface area contributed by atoms with E-state index in [9.17, 15) is 18.7 Å². The van der Waals surface area contributed by atoms with Gasteiger partial charge in [0.2, 0.25) is 0 Å². The Morgan fingerprint density at radius 2 is 2.00 bits per heavy atom. The highest BCUT2D eigenvalue weighted by molar-refractivity contribution is 5.94. The average Bonchev–Trinajstić information content (AvgIpc) is 2.44. The molecule has 2 N–H and O–H groups in total. The van der Waals surface area contributed by atoms with Gasteiger partial charge in [0.1, 0.15) is 0 Å². The van der Waals surface area contributed by atoms with Crippen molar-refractivity contribution in [3.63, 3.8) is 0 Å². The van der Waals surface area contributed by atoms with Gasteiger partial charge < -0.3 is 10.4 Å². The number of halogens is 2. The SMILES string of the molecule is CC1CCC(CO)(NC(=O)c2ccc(F)c(F)c2)CC1. The average molecular weight is 283 g/mol. The fourth-order valence-electron chi connectivity index (χ4n) is 2.59. The van der Waals surface area contributed by atoms with Gasteiger partial charge in [0.25, 0.3) is 5.91 Å². The molecule has 0 spiro atoms. The zero-order valence-corrected chi connectivity index (χ0v) is 11.5. The van der Waals surface area contributed by atoms with Crippen LogP contribution in [-0.2, 0) is 0 Å². The van der Waals surface area contributed by atoms with Gasteiger partial charge in [-0.1, -0.05) is 6.92 Å².